The van der Waals surface area contributed by atoms with Gasteiger partial charge in [0.25, 0.3) is 0 Å². The van der Waals surface area contributed by atoms with E-state index in [1.807, 2.05) is 25.4 Å². The monoisotopic (exact) mass is 197 g/mol. The van der Waals surface area contributed by atoms with E-state index < -0.39 is 0 Å². The van der Waals surface area contributed by atoms with Crippen LogP contribution in [0, 0.1) is 18.4 Å². The molecule has 2 radical (unpaired) electrons. The van der Waals surface area contributed by atoms with Gasteiger partial charge < -0.3 is 9.30 Å². The molecule has 1 aromatic heterocycles. The number of aryl methyl sites for hydroxylation is 1. The molecule has 0 saturated heterocycles. The Morgan fingerprint density at radius 1 is 1.27 bits per heavy atom. The first-order chi connectivity index (χ1) is 7.33. The average Bonchev–Trinajstić information content (AvgIpc) is 2.58. The Balaban J connectivity index is 2.49. The van der Waals surface area contributed by atoms with E-state index in [4.69, 9.17) is 0 Å². The van der Waals surface area contributed by atoms with Gasteiger partial charge in [-0.25, -0.2) is 0 Å². The van der Waals surface area contributed by atoms with Crippen molar-refractivity contribution in [3.05, 3.63) is 42.6 Å². The molecule has 1 aromatic carbocycles. The molecular formula is C13H11NO. The van der Waals surface area contributed by atoms with Crippen molar-refractivity contribution in [3.63, 3.8) is 0 Å². The minimum Gasteiger partial charge on any atom is -0.358 e. The van der Waals surface area contributed by atoms with E-state index in [9.17, 15) is 0 Å². The van der Waals surface area contributed by atoms with Crippen molar-refractivity contribution >= 4 is 10.9 Å². The fourth-order valence-corrected chi connectivity index (χ4v) is 1.59. The minimum atomic E-state index is 0.998. The highest BCUT2D eigenvalue weighted by atomic mass is 16.5. The summed E-state index contributed by atoms with van der Waals surface area (Å²) in [6.45, 7) is 2.50. The topological polar surface area (TPSA) is 14.2 Å². The summed E-state index contributed by atoms with van der Waals surface area (Å²) < 4.78 is 6.71. The number of fused-ring (bicyclic) bond motifs is 1. The van der Waals surface area contributed by atoms with Crippen molar-refractivity contribution in [3.8, 4) is 11.8 Å². The lowest BCUT2D eigenvalue weighted by atomic mass is 10.2. The molecule has 0 spiro atoms. The number of ether oxygens (including phenoxy) is 1. The maximum atomic E-state index is 4.65. The van der Waals surface area contributed by atoms with Gasteiger partial charge in [0, 0.05) is 31.3 Å². The van der Waals surface area contributed by atoms with Crippen molar-refractivity contribution in [1.82, 2.24) is 4.57 Å². The second kappa shape index (κ2) is 4.20. The van der Waals surface area contributed by atoms with Gasteiger partial charge in [-0.05, 0) is 6.07 Å². The van der Waals surface area contributed by atoms with Crippen molar-refractivity contribution in [2.24, 2.45) is 7.05 Å². The number of benzene rings is 1. The first-order valence-corrected chi connectivity index (χ1v) is 4.66. The molecule has 0 saturated carbocycles. The number of nitrogens with zero attached hydrogens (tertiary/aromatic N) is 1. The highest BCUT2D eigenvalue weighted by Crippen LogP contribution is 2.18. The zero-order valence-electron chi connectivity index (χ0n) is 8.74. The lowest BCUT2D eigenvalue weighted by molar-refractivity contribution is 0.301. The molecule has 0 bridgehead atoms. The van der Waals surface area contributed by atoms with Crippen molar-refractivity contribution < 1.29 is 4.74 Å². The van der Waals surface area contributed by atoms with E-state index in [2.05, 4.69) is 39.9 Å². The molecule has 2 rings (SSSR count). The first kappa shape index (κ1) is 9.82. The van der Waals surface area contributed by atoms with Gasteiger partial charge in [0.05, 0.1) is 5.56 Å². The third-order valence-corrected chi connectivity index (χ3v) is 2.25. The summed E-state index contributed by atoms with van der Waals surface area (Å²) in [5.74, 6) is 5.72. The summed E-state index contributed by atoms with van der Waals surface area (Å²) >= 11 is 0. The number of aromatic nitrogens is 1. The second-order valence-corrected chi connectivity index (χ2v) is 3.23. The van der Waals surface area contributed by atoms with Gasteiger partial charge in [-0.15, -0.1) is 0 Å². The van der Waals surface area contributed by atoms with Crippen LogP contribution < -0.4 is 0 Å². The van der Waals surface area contributed by atoms with Gasteiger partial charge in [0.2, 0.25) is 6.61 Å². The lowest BCUT2D eigenvalue weighted by Crippen LogP contribution is -1.81. The first-order valence-electron chi connectivity index (χ1n) is 4.66. The van der Waals surface area contributed by atoms with Crippen LogP contribution in [0.2, 0.25) is 0 Å². The molecule has 0 aliphatic carbocycles. The number of rotatable bonds is 1. The molecule has 2 heteroatoms. The van der Waals surface area contributed by atoms with E-state index in [-0.39, 0.29) is 0 Å². The van der Waals surface area contributed by atoms with Gasteiger partial charge in [-0.1, -0.05) is 30.0 Å². The van der Waals surface area contributed by atoms with Gasteiger partial charge in [0.1, 0.15) is 0 Å². The molecule has 0 atom stereocenters. The Labute approximate surface area is 89.5 Å². The van der Waals surface area contributed by atoms with Gasteiger partial charge in [-0.3, -0.25) is 0 Å². The normalized spacial score (nSPS) is 10.0. The average molecular weight is 197 g/mol. The zero-order chi connectivity index (χ0) is 10.7. The molecule has 1 heterocycles. The zero-order valence-corrected chi connectivity index (χ0v) is 8.74. The van der Waals surface area contributed by atoms with E-state index >= 15 is 0 Å². The van der Waals surface area contributed by atoms with Gasteiger partial charge in [0.15, 0.2) is 0 Å². The second-order valence-electron chi connectivity index (χ2n) is 3.23. The molecular weight excluding hydrogens is 186 g/mol. The molecule has 0 N–H and O–H groups in total. The summed E-state index contributed by atoms with van der Waals surface area (Å²) in [6, 6.07) is 8.17. The van der Waals surface area contributed by atoms with E-state index in [0.29, 0.717) is 0 Å². The quantitative estimate of drug-likeness (QED) is 0.639. The third kappa shape index (κ3) is 1.88. The molecule has 0 aliphatic heterocycles. The molecule has 2 aromatic rings. The number of methoxy groups -OCH3 is 1. The molecule has 15 heavy (non-hydrogen) atoms. The molecule has 0 aliphatic rings. The molecule has 0 amide bonds. The largest absolute Gasteiger partial charge is 0.358 e. The van der Waals surface area contributed by atoms with Crippen molar-refractivity contribution in [2.45, 2.75) is 0 Å². The predicted molar refractivity (Wildman–Crippen MR) is 60.0 cm³/mol. The summed E-state index contributed by atoms with van der Waals surface area (Å²) in [5.41, 5.74) is 2.18. The number of hydrogen-bond acceptors (Lipinski definition) is 1. The van der Waals surface area contributed by atoms with Crippen LogP contribution in [0.4, 0.5) is 0 Å². The highest BCUT2D eigenvalue weighted by Gasteiger charge is 2.02. The third-order valence-electron chi connectivity index (χ3n) is 2.25. The lowest BCUT2D eigenvalue weighted by Gasteiger charge is -1.92. The Bertz CT molecular complexity index is 528. The van der Waals surface area contributed by atoms with Crippen LogP contribution in [-0.4, -0.2) is 11.7 Å². The van der Waals surface area contributed by atoms with Gasteiger partial charge >= 0.3 is 0 Å². The van der Waals surface area contributed by atoms with E-state index in [1.54, 1.807) is 0 Å². The van der Waals surface area contributed by atoms with Crippen LogP contribution in [0.25, 0.3) is 10.9 Å². The Kier molecular flexibility index (Phi) is 2.75. The standard InChI is InChI=1S/C13H11NO/c1-14-10-11(6-5-9-15-2)12-7-3-4-8-13(12)14/h3-4,7-8,10H,1-2H3. The molecule has 0 fully saturated rings. The highest BCUT2D eigenvalue weighted by molar-refractivity contribution is 5.86. The molecule has 0 unspecified atom stereocenters. The summed E-state index contributed by atoms with van der Waals surface area (Å²) in [7, 11) is 3.55. The van der Waals surface area contributed by atoms with E-state index in [0.717, 1.165) is 10.9 Å². The van der Waals surface area contributed by atoms with Crippen LogP contribution >= 0.6 is 0 Å². The summed E-state index contributed by atoms with van der Waals surface area (Å²) in [5, 5.41) is 1.16. The van der Waals surface area contributed by atoms with E-state index in [1.165, 1.54) is 12.6 Å². The van der Waals surface area contributed by atoms with Gasteiger partial charge in [-0.2, -0.15) is 0 Å². The van der Waals surface area contributed by atoms with Crippen molar-refractivity contribution in [1.29, 1.82) is 0 Å². The fraction of sp³-hybridized carbons (Fsp3) is 0.154. The Morgan fingerprint density at radius 3 is 2.87 bits per heavy atom. The van der Waals surface area contributed by atoms with Crippen LogP contribution in [0.5, 0.6) is 0 Å². The number of hydrogen-bond donors (Lipinski definition) is 0. The SMILES string of the molecule is CO[C]C#Cc1cn(C)c2ccccc12. The Morgan fingerprint density at radius 2 is 2.07 bits per heavy atom. The maximum absolute atomic E-state index is 4.65. The molecule has 74 valence electrons. The van der Waals surface area contributed by atoms with Crippen molar-refractivity contribution in [2.75, 3.05) is 7.11 Å². The Hall–Kier alpha value is -1.72. The maximum Gasteiger partial charge on any atom is 0.217 e. The van der Waals surface area contributed by atoms with Crippen LogP contribution in [-0.2, 0) is 11.8 Å². The van der Waals surface area contributed by atoms with Crippen LogP contribution in [0.1, 0.15) is 5.56 Å². The minimum absolute atomic E-state index is 0.998. The number of para-hydroxylation sites is 1. The summed E-state index contributed by atoms with van der Waals surface area (Å²) in [6.07, 6.45) is 2.01. The van der Waals surface area contributed by atoms with Crippen LogP contribution in [0.3, 0.4) is 0 Å². The molecule has 2 nitrogen and oxygen atoms in total. The summed E-state index contributed by atoms with van der Waals surface area (Å²) in [4.78, 5) is 0. The smallest absolute Gasteiger partial charge is 0.217 e. The predicted octanol–water partition coefficient (Wildman–Crippen LogP) is 2.21. The van der Waals surface area contributed by atoms with Crippen LogP contribution in [0.15, 0.2) is 30.5 Å². The fourth-order valence-electron chi connectivity index (χ4n) is 1.59.